The van der Waals surface area contributed by atoms with Crippen molar-refractivity contribution in [3.05, 3.63) is 0 Å². The Bertz CT molecular complexity index is 394. The minimum absolute atomic E-state index is 0.0528. The molecule has 0 aromatic carbocycles. The van der Waals surface area contributed by atoms with E-state index >= 15 is 0 Å². The van der Waals surface area contributed by atoms with Gasteiger partial charge in [0, 0.05) is 0 Å². The molecule has 3 unspecified atom stereocenters. The van der Waals surface area contributed by atoms with E-state index in [2.05, 4.69) is 6.92 Å². The molecule has 0 aromatic heterocycles. The number of aliphatic hydroxyl groups excluding tert-OH is 2. The molecule has 0 spiro atoms. The van der Waals surface area contributed by atoms with Gasteiger partial charge >= 0.3 is 11.9 Å². The maximum atomic E-state index is 12.2. The zero-order chi connectivity index (χ0) is 21.2. The maximum absolute atomic E-state index is 12.2. The predicted molar refractivity (Wildman–Crippen MR) is 110 cm³/mol. The molecule has 0 aliphatic rings. The van der Waals surface area contributed by atoms with Crippen LogP contribution in [0.25, 0.3) is 0 Å². The van der Waals surface area contributed by atoms with Gasteiger partial charge < -0.3 is 19.7 Å². The van der Waals surface area contributed by atoms with Crippen molar-refractivity contribution in [1.29, 1.82) is 0 Å². The Morgan fingerprint density at radius 2 is 1.21 bits per heavy atom. The summed E-state index contributed by atoms with van der Waals surface area (Å²) < 4.78 is 10.1. The largest absolute Gasteiger partial charge is 0.463 e. The molecule has 6 heteroatoms. The van der Waals surface area contributed by atoms with Crippen LogP contribution in [-0.2, 0) is 19.1 Å². The number of hydrogen-bond acceptors (Lipinski definition) is 6. The Morgan fingerprint density at radius 1 is 0.750 bits per heavy atom. The molecule has 0 aliphatic heterocycles. The van der Waals surface area contributed by atoms with Gasteiger partial charge in [0.1, 0.15) is 13.2 Å². The zero-order valence-electron chi connectivity index (χ0n) is 18.2. The molecule has 0 bridgehead atoms. The summed E-state index contributed by atoms with van der Waals surface area (Å²) in [6.45, 7) is 5.15. The van der Waals surface area contributed by atoms with E-state index in [0.29, 0.717) is 6.42 Å². The van der Waals surface area contributed by atoms with Crippen molar-refractivity contribution in [3.8, 4) is 0 Å². The van der Waals surface area contributed by atoms with Gasteiger partial charge in [-0.3, -0.25) is 9.59 Å². The second kappa shape index (κ2) is 17.9. The molecule has 0 fully saturated rings. The molecule has 0 aromatic rings. The smallest absolute Gasteiger partial charge is 0.309 e. The van der Waals surface area contributed by atoms with E-state index in [9.17, 15) is 19.8 Å². The second-order valence-corrected chi connectivity index (χ2v) is 7.88. The average Bonchev–Trinajstić information content (AvgIpc) is 2.64. The van der Waals surface area contributed by atoms with Crippen LogP contribution in [0.5, 0.6) is 0 Å². The highest BCUT2D eigenvalue weighted by atomic mass is 16.5. The molecule has 0 saturated heterocycles. The molecule has 166 valence electrons. The summed E-state index contributed by atoms with van der Waals surface area (Å²) in [5.41, 5.74) is 0. The predicted octanol–water partition coefficient (Wildman–Crippen LogP) is 4.15. The van der Waals surface area contributed by atoms with Gasteiger partial charge in [0.05, 0.1) is 24.5 Å². The molecule has 6 nitrogen and oxygen atoms in total. The lowest BCUT2D eigenvalue weighted by molar-refractivity contribution is -0.158. The van der Waals surface area contributed by atoms with Crippen LogP contribution in [0.1, 0.15) is 97.8 Å². The third-order valence-electron chi connectivity index (χ3n) is 4.60. The summed E-state index contributed by atoms with van der Waals surface area (Å²) >= 11 is 0. The van der Waals surface area contributed by atoms with E-state index in [1.165, 1.54) is 51.9 Å². The minimum Gasteiger partial charge on any atom is -0.463 e. The third-order valence-corrected chi connectivity index (χ3v) is 4.60. The minimum atomic E-state index is -0.732. The highest BCUT2D eigenvalue weighted by Crippen LogP contribution is 2.18. The van der Waals surface area contributed by atoms with Gasteiger partial charge in [0.25, 0.3) is 0 Å². The van der Waals surface area contributed by atoms with Crippen LogP contribution in [0.3, 0.4) is 0 Å². The van der Waals surface area contributed by atoms with Crippen molar-refractivity contribution in [3.63, 3.8) is 0 Å². The fraction of sp³-hybridized carbons (Fsp3) is 0.909. The van der Waals surface area contributed by atoms with E-state index in [-0.39, 0.29) is 19.6 Å². The highest BCUT2D eigenvalue weighted by molar-refractivity contribution is 5.79. The van der Waals surface area contributed by atoms with Crippen LogP contribution in [0.2, 0.25) is 0 Å². The Labute approximate surface area is 171 Å². The van der Waals surface area contributed by atoms with E-state index in [1.807, 2.05) is 0 Å². The molecule has 0 amide bonds. The molecule has 0 heterocycles. The average molecular weight is 403 g/mol. The molecule has 3 atom stereocenters. The summed E-state index contributed by atoms with van der Waals surface area (Å²) in [5, 5.41) is 18.5. The highest BCUT2D eigenvalue weighted by Gasteiger charge is 2.24. The number of rotatable bonds is 18. The normalized spacial score (nSPS) is 14.3. The van der Waals surface area contributed by atoms with Crippen LogP contribution in [0.4, 0.5) is 0 Å². The van der Waals surface area contributed by atoms with Gasteiger partial charge in [-0.2, -0.15) is 0 Å². The van der Waals surface area contributed by atoms with Crippen molar-refractivity contribution in [1.82, 2.24) is 0 Å². The molecular weight excluding hydrogens is 360 g/mol. The first-order valence-electron chi connectivity index (χ1n) is 11.0. The lowest BCUT2D eigenvalue weighted by Crippen LogP contribution is -2.26. The number of unbranched alkanes of at least 4 members (excludes halogenated alkanes) is 9. The molecular formula is C22H42O6. The first-order valence-corrected chi connectivity index (χ1v) is 11.0. The van der Waals surface area contributed by atoms with Crippen molar-refractivity contribution in [2.75, 3.05) is 13.2 Å². The monoisotopic (exact) mass is 402 g/mol. The van der Waals surface area contributed by atoms with Crippen LogP contribution < -0.4 is 0 Å². The van der Waals surface area contributed by atoms with Gasteiger partial charge in [-0.15, -0.1) is 0 Å². The lowest BCUT2D eigenvalue weighted by Gasteiger charge is -2.16. The first-order chi connectivity index (χ1) is 13.4. The third kappa shape index (κ3) is 17.0. The Balaban J connectivity index is 4.12. The van der Waals surface area contributed by atoms with Gasteiger partial charge in [0.2, 0.25) is 0 Å². The Morgan fingerprint density at radius 3 is 1.71 bits per heavy atom. The Kier molecular flexibility index (Phi) is 17.2. The van der Waals surface area contributed by atoms with Crippen LogP contribution in [-0.4, -0.2) is 47.6 Å². The van der Waals surface area contributed by atoms with Crippen LogP contribution >= 0.6 is 0 Å². The van der Waals surface area contributed by atoms with E-state index in [1.54, 1.807) is 6.92 Å². The molecule has 0 radical (unpaired) electrons. The lowest BCUT2D eigenvalue weighted by atomic mass is 9.97. The molecule has 0 rings (SSSR count). The van der Waals surface area contributed by atoms with Crippen molar-refractivity contribution < 1.29 is 29.3 Å². The quantitative estimate of drug-likeness (QED) is 0.264. The summed E-state index contributed by atoms with van der Waals surface area (Å²) in [6.07, 6.45) is 11.1. The van der Waals surface area contributed by atoms with Crippen molar-refractivity contribution >= 4 is 11.9 Å². The van der Waals surface area contributed by atoms with Gasteiger partial charge in [0.15, 0.2) is 0 Å². The van der Waals surface area contributed by atoms with E-state index in [0.717, 1.165) is 19.3 Å². The number of aliphatic hydroxyl groups is 2. The number of esters is 2. The number of ether oxygens (including phenoxy) is 2. The van der Waals surface area contributed by atoms with Gasteiger partial charge in [-0.25, -0.2) is 0 Å². The number of carbonyl (C=O) groups excluding carboxylic acids is 2. The second-order valence-electron chi connectivity index (χ2n) is 7.88. The SMILES string of the molecule is CCCCCCCCCCCCC(CC(=O)OCC(C)O)C(=O)OCC(C)O. The molecule has 28 heavy (non-hydrogen) atoms. The van der Waals surface area contributed by atoms with Crippen LogP contribution in [0.15, 0.2) is 0 Å². The van der Waals surface area contributed by atoms with Crippen molar-refractivity contribution in [2.24, 2.45) is 5.92 Å². The topological polar surface area (TPSA) is 93.1 Å². The van der Waals surface area contributed by atoms with Crippen molar-refractivity contribution in [2.45, 2.75) is 110 Å². The molecule has 2 N–H and O–H groups in total. The maximum Gasteiger partial charge on any atom is 0.309 e. The summed E-state index contributed by atoms with van der Waals surface area (Å²) in [5.74, 6) is -1.54. The van der Waals surface area contributed by atoms with E-state index in [4.69, 9.17) is 9.47 Å². The number of carbonyl (C=O) groups is 2. The molecule has 0 saturated carbocycles. The van der Waals surface area contributed by atoms with Gasteiger partial charge in [-0.05, 0) is 20.3 Å². The standard InChI is InChI=1S/C22H42O6/c1-4-5-6-7-8-9-10-11-12-13-14-20(22(26)28-17-19(3)24)15-21(25)27-16-18(2)23/h18-20,23-24H,4-17H2,1-3H3. The number of hydrogen-bond donors (Lipinski definition) is 2. The molecule has 0 aliphatic carbocycles. The van der Waals surface area contributed by atoms with Gasteiger partial charge in [-0.1, -0.05) is 71.1 Å². The zero-order valence-corrected chi connectivity index (χ0v) is 18.2. The summed E-state index contributed by atoms with van der Waals surface area (Å²) in [7, 11) is 0. The van der Waals surface area contributed by atoms with E-state index < -0.39 is 30.1 Å². The Hall–Kier alpha value is -1.14. The fourth-order valence-corrected chi connectivity index (χ4v) is 2.98. The summed E-state index contributed by atoms with van der Waals surface area (Å²) in [6, 6.07) is 0. The first kappa shape index (κ1) is 26.9. The van der Waals surface area contributed by atoms with Crippen LogP contribution in [0, 0.1) is 5.92 Å². The fourth-order valence-electron chi connectivity index (χ4n) is 2.98. The summed E-state index contributed by atoms with van der Waals surface area (Å²) in [4.78, 5) is 24.1.